The molecule has 27 heavy (non-hydrogen) atoms. The number of carbonyl (C=O) groups excluding carboxylic acids is 1. The number of nitrogens with zero attached hydrogens (tertiary/aromatic N) is 2. The molecule has 0 spiro atoms. The Bertz CT molecular complexity index is 845. The zero-order chi connectivity index (χ0) is 19.0. The SMILES string of the molecule is CCn1nc(-c2ccc(OC)cc2OC)cc1C(=O)N[C@@H]1C[C@H]2CC[C@H]1C2. The van der Waals surface area contributed by atoms with E-state index in [1.54, 1.807) is 18.9 Å². The third-order valence-electron chi connectivity index (χ3n) is 6.05. The summed E-state index contributed by atoms with van der Waals surface area (Å²) >= 11 is 0. The molecule has 0 radical (unpaired) electrons. The zero-order valence-corrected chi connectivity index (χ0v) is 16.2. The predicted octanol–water partition coefficient (Wildman–Crippen LogP) is 3.51. The highest BCUT2D eigenvalue weighted by Gasteiger charge is 2.40. The van der Waals surface area contributed by atoms with Crippen LogP contribution in [0.5, 0.6) is 11.5 Å². The summed E-state index contributed by atoms with van der Waals surface area (Å²) in [6, 6.07) is 7.79. The van der Waals surface area contributed by atoms with Crippen LogP contribution >= 0.6 is 0 Å². The monoisotopic (exact) mass is 369 g/mol. The third-order valence-corrected chi connectivity index (χ3v) is 6.05. The fraction of sp³-hybridized carbons (Fsp3) is 0.524. The van der Waals surface area contributed by atoms with E-state index in [4.69, 9.17) is 9.47 Å². The summed E-state index contributed by atoms with van der Waals surface area (Å²) < 4.78 is 12.5. The highest BCUT2D eigenvalue weighted by Crippen LogP contribution is 2.44. The van der Waals surface area contributed by atoms with Gasteiger partial charge in [0, 0.05) is 24.2 Å². The van der Waals surface area contributed by atoms with Crippen molar-refractivity contribution in [2.45, 2.75) is 45.2 Å². The van der Waals surface area contributed by atoms with Crippen LogP contribution in [0.4, 0.5) is 0 Å². The zero-order valence-electron chi connectivity index (χ0n) is 16.2. The molecule has 4 rings (SSSR count). The first-order chi connectivity index (χ1) is 13.1. The van der Waals surface area contributed by atoms with Crippen molar-refractivity contribution in [3.05, 3.63) is 30.0 Å². The molecule has 2 aromatic rings. The van der Waals surface area contributed by atoms with E-state index in [2.05, 4.69) is 10.4 Å². The molecule has 2 saturated carbocycles. The normalized spacial score (nSPS) is 23.4. The average Bonchev–Trinajstić information content (AvgIpc) is 3.42. The van der Waals surface area contributed by atoms with E-state index in [9.17, 15) is 4.79 Å². The molecule has 3 atom stereocenters. The summed E-state index contributed by atoms with van der Waals surface area (Å²) in [5.74, 6) is 2.82. The number of ether oxygens (including phenoxy) is 2. The van der Waals surface area contributed by atoms with Gasteiger partial charge in [-0.2, -0.15) is 5.10 Å². The molecule has 144 valence electrons. The molecular formula is C21H27N3O3. The van der Waals surface area contributed by atoms with Crippen LogP contribution in [0.2, 0.25) is 0 Å². The quantitative estimate of drug-likeness (QED) is 0.846. The van der Waals surface area contributed by atoms with E-state index in [-0.39, 0.29) is 5.91 Å². The van der Waals surface area contributed by atoms with Gasteiger partial charge >= 0.3 is 0 Å². The van der Waals surface area contributed by atoms with E-state index in [0.29, 0.717) is 29.9 Å². The molecule has 1 aromatic carbocycles. The molecular weight excluding hydrogens is 342 g/mol. The molecule has 2 aliphatic carbocycles. The largest absolute Gasteiger partial charge is 0.497 e. The Morgan fingerprint density at radius 1 is 1.22 bits per heavy atom. The lowest BCUT2D eigenvalue weighted by Crippen LogP contribution is -2.39. The summed E-state index contributed by atoms with van der Waals surface area (Å²) in [6.07, 6.45) is 4.96. The highest BCUT2D eigenvalue weighted by molar-refractivity contribution is 5.94. The van der Waals surface area contributed by atoms with Gasteiger partial charge in [0.1, 0.15) is 17.2 Å². The van der Waals surface area contributed by atoms with Gasteiger partial charge in [0.05, 0.1) is 19.9 Å². The first kappa shape index (κ1) is 17.9. The molecule has 6 heteroatoms. The van der Waals surface area contributed by atoms with Gasteiger partial charge in [-0.15, -0.1) is 0 Å². The Hall–Kier alpha value is -2.50. The number of hydrogen-bond acceptors (Lipinski definition) is 4. The second-order valence-corrected chi connectivity index (χ2v) is 7.55. The number of aromatic nitrogens is 2. The molecule has 6 nitrogen and oxygen atoms in total. The Kier molecular flexibility index (Phi) is 4.81. The number of benzene rings is 1. The predicted molar refractivity (Wildman–Crippen MR) is 103 cm³/mol. The summed E-state index contributed by atoms with van der Waals surface area (Å²) in [6.45, 7) is 2.63. The smallest absolute Gasteiger partial charge is 0.269 e. The molecule has 2 bridgehead atoms. The maximum absolute atomic E-state index is 12.9. The number of hydrogen-bond donors (Lipinski definition) is 1. The van der Waals surface area contributed by atoms with Gasteiger partial charge in [0.15, 0.2) is 0 Å². The standard InChI is InChI=1S/C21H27N3O3/c1-4-24-19(21(25)22-17-10-13-5-6-14(17)9-13)12-18(23-24)16-8-7-15(26-2)11-20(16)27-3/h7-8,11-14,17H,4-6,9-10H2,1-3H3,(H,22,25)/t13-,14-,17+/m0/s1. The van der Waals surface area contributed by atoms with Gasteiger partial charge in [-0.05, 0) is 56.2 Å². The number of carbonyl (C=O) groups is 1. The van der Waals surface area contributed by atoms with Gasteiger partial charge < -0.3 is 14.8 Å². The van der Waals surface area contributed by atoms with E-state index in [1.165, 1.54) is 19.3 Å². The molecule has 0 unspecified atom stereocenters. The maximum atomic E-state index is 12.9. The van der Waals surface area contributed by atoms with Crippen LogP contribution in [0.3, 0.4) is 0 Å². The summed E-state index contributed by atoms with van der Waals surface area (Å²) in [5, 5.41) is 7.90. The Morgan fingerprint density at radius 3 is 2.70 bits per heavy atom. The van der Waals surface area contributed by atoms with Crippen LogP contribution in [-0.4, -0.2) is 35.9 Å². The third kappa shape index (κ3) is 3.29. The lowest BCUT2D eigenvalue weighted by molar-refractivity contribution is 0.0912. The van der Waals surface area contributed by atoms with Crippen molar-refractivity contribution < 1.29 is 14.3 Å². The fourth-order valence-corrected chi connectivity index (χ4v) is 4.65. The van der Waals surface area contributed by atoms with Crippen molar-refractivity contribution >= 4 is 5.91 Å². The van der Waals surface area contributed by atoms with Gasteiger partial charge in [-0.1, -0.05) is 6.42 Å². The number of methoxy groups -OCH3 is 2. The van der Waals surface area contributed by atoms with E-state index in [1.807, 2.05) is 31.2 Å². The molecule has 0 aliphatic heterocycles. The lowest BCUT2D eigenvalue weighted by Gasteiger charge is -2.22. The van der Waals surface area contributed by atoms with Gasteiger partial charge in [-0.25, -0.2) is 0 Å². The van der Waals surface area contributed by atoms with E-state index in [0.717, 1.165) is 29.3 Å². The van der Waals surface area contributed by atoms with E-state index < -0.39 is 0 Å². The summed E-state index contributed by atoms with van der Waals surface area (Å²) in [5.41, 5.74) is 2.18. The second-order valence-electron chi connectivity index (χ2n) is 7.55. The van der Waals surface area contributed by atoms with Gasteiger partial charge in [-0.3, -0.25) is 9.48 Å². The first-order valence-electron chi connectivity index (χ1n) is 9.74. The molecule has 1 aromatic heterocycles. The number of nitrogens with one attached hydrogen (secondary N) is 1. The number of fused-ring (bicyclic) bond motifs is 2. The maximum Gasteiger partial charge on any atom is 0.269 e. The minimum atomic E-state index is -0.0272. The minimum absolute atomic E-state index is 0.0272. The van der Waals surface area contributed by atoms with Crippen LogP contribution < -0.4 is 14.8 Å². The van der Waals surface area contributed by atoms with Crippen molar-refractivity contribution in [3.63, 3.8) is 0 Å². The van der Waals surface area contributed by atoms with Crippen LogP contribution in [-0.2, 0) is 6.54 Å². The van der Waals surface area contributed by atoms with Crippen molar-refractivity contribution in [2.24, 2.45) is 11.8 Å². The number of rotatable bonds is 6. The lowest BCUT2D eigenvalue weighted by atomic mass is 9.95. The van der Waals surface area contributed by atoms with Gasteiger partial charge in [0.25, 0.3) is 5.91 Å². The molecule has 2 aliphatic rings. The first-order valence-corrected chi connectivity index (χ1v) is 9.74. The molecule has 0 saturated heterocycles. The average molecular weight is 369 g/mol. The van der Waals surface area contributed by atoms with Crippen LogP contribution in [0, 0.1) is 11.8 Å². The number of amides is 1. The fourth-order valence-electron chi connectivity index (χ4n) is 4.65. The Morgan fingerprint density at radius 2 is 2.07 bits per heavy atom. The molecule has 1 N–H and O–H groups in total. The molecule has 1 heterocycles. The number of aryl methyl sites for hydroxylation is 1. The summed E-state index contributed by atoms with van der Waals surface area (Å²) in [4.78, 5) is 12.9. The molecule has 2 fully saturated rings. The van der Waals surface area contributed by atoms with Gasteiger partial charge in [0.2, 0.25) is 0 Å². The van der Waals surface area contributed by atoms with Crippen molar-refractivity contribution in [3.8, 4) is 22.8 Å². The minimum Gasteiger partial charge on any atom is -0.497 e. The van der Waals surface area contributed by atoms with Crippen LogP contribution in [0.25, 0.3) is 11.3 Å². The van der Waals surface area contributed by atoms with Crippen LogP contribution in [0.15, 0.2) is 24.3 Å². The van der Waals surface area contributed by atoms with Crippen LogP contribution in [0.1, 0.15) is 43.1 Å². The molecule has 1 amide bonds. The van der Waals surface area contributed by atoms with Crippen molar-refractivity contribution in [1.82, 2.24) is 15.1 Å². The second kappa shape index (κ2) is 7.25. The van der Waals surface area contributed by atoms with E-state index >= 15 is 0 Å². The Labute approximate surface area is 159 Å². The van der Waals surface area contributed by atoms with Crippen molar-refractivity contribution in [1.29, 1.82) is 0 Å². The van der Waals surface area contributed by atoms with Crippen molar-refractivity contribution in [2.75, 3.05) is 14.2 Å². The highest BCUT2D eigenvalue weighted by atomic mass is 16.5. The topological polar surface area (TPSA) is 65.4 Å². The Balaban J connectivity index is 1.60. The summed E-state index contributed by atoms with van der Waals surface area (Å²) in [7, 11) is 3.25.